The van der Waals surface area contributed by atoms with Crippen molar-refractivity contribution in [1.82, 2.24) is 9.97 Å². The predicted octanol–water partition coefficient (Wildman–Crippen LogP) is 4.36. The van der Waals surface area contributed by atoms with E-state index in [1.54, 1.807) is 28.9 Å². The number of benzene rings is 2. The lowest BCUT2D eigenvalue weighted by Gasteiger charge is -2.06. The van der Waals surface area contributed by atoms with Crippen molar-refractivity contribution in [3.8, 4) is 11.3 Å². The third-order valence-electron chi connectivity index (χ3n) is 4.88. The van der Waals surface area contributed by atoms with Crippen LogP contribution < -0.4 is 9.72 Å². The van der Waals surface area contributed by atoms with E-state index in [0.717, 1.165) is 27.5 Å². The van der Waals surface area contributed by atoms with Gasteiger partial charge in [0.1, 0.15) is 5.82 Å². The van der Waals surface area contributed by atoms with E-state index >= 15 is 0 Å². The summed E-state index contributed by atoms with van der Waals surface area (Å²) in [6.45, 7) is 0. The van der Waals surface area contributed by atoms with Crippen LogP contribution in [0.25, 0.3) is 27.5 Å². The highest BCUT2D eigenvalue weighted by molar-refractivity contribution is 6.07. The first kappa shape index (κ1) is 17.1. The van der Waals surface area contributed by atoms with Crippen molar-refractivity contribution in [3.63, 3.8) is 0 Å². The Morgan fingerprint density at radius 1 is 1.00 bits per heavy atom. The Morgan fingerprint density at radius 3 is 2.72 bits per heavy atom. The van der Waals surface area contributed by atoms with Crippen molar-refractivity contribution < 1.29 is 13.6 Å². The summed E-state index contributed by atoms with van der Waals surface area (Å²) >= 11 is 0. The van der Waals surface area contributed by atoms with Crippen LogP contribution >= 0.6 is 0 Å². The molecule has 6 heteroatoms. The maximum atomic E-state index is 13.3. The van der Waals surface area contributed by atoms with Gasteiger partial charge in [-0.1, -0.05) is 18.2 Å². The van der Waals surface area contributed by atoms with Crippen LogP contribution in [-0.4, -0.2) is 15.9 Å². The molecule has 0 fully saturated rings. The zero-order chi connectivity index (χ0) is 19.8. The lowest BCUT2D eigenvalue weighted by Crippen LogP contribution is -2.31. The number of H-pyrrole nitrogens is 1. The first-order valence-electron chi connectivity index (χ1n) is 9.13. The number of nitrogens with zero attached hydrogens (tertiary/aromatic N) is 2. The molecule has 2 N–H and O–H groups in total. The smallest absolute Gasteiger partial charge is 0.315 e. The molecule has 29 heavy (non-hydrogen) atoms. The number of nitrogens with one attached hydrogen (secondary N) is 2. The number of halogens is 1. The number of anilines is 1. The Morgan fingerprint density at radius 2 is 1.86 bits per heavy atom. The molecule has 5 rings (SSSR count). The summed E-state index contributed by atoms with van der Waals surface area (Å²) in [5.74, 6) is -0.199. The van der Waals surface area contributed by atoms with Crippen LogP contribution in [0.15, 0.2) is 85.3 Å². The van der Waals surface area contributed by atoms with Crippen molar-refractivity contribution in [2.24, 2.45) is 0 Å². The molecule has 3 heterocycles. The van der Waals surface area contributed by atoms with E-state index in [2.05, 4.69) is 15.3 Å². The van der Waals surface area contributed by atoms with Crippen LogP contribution in [-0.2, 0) is 0 Å². The molecule has 0 saturated heterocycles. The second kappa shape index (κ2) is 6.83. The maximum absolute atomic E-state index is 13.3. The average molecular weight is 383 g/mol. The largest absolute Gasteiger partial charge is 0.351 e. The molecule has 5 nitrogen and oxygen atoms in total. The Balaban J connectivity index is 1.59. The van der Waals surface area contributed by atoms with Crippen LogP contribution in [0.4, 0.5) is 10.1 Å². The summed E-state index contributed by atoms with van der Waals surface area (Å²) < 4.78 is 15.1. The number of rotatable bonds is 3. The molecule has 140 valence electrons. The lowest BCUT2D eigenvalue weighted by molar-refractivity contribution is -0.513. The van der Waals surface area contributed by atoms with Crippen molar-refractivity contribution in [3.05, 3.63) is 97.0 Å². The molecule has 0 aliphatic rings. The van der Waals surface area contributed by atoms with E-state index in [1.807, 2.05) is 48.7 Å². The molecule has 0 saturated carbocycles. The number of aromatic nitrogens is 3. The number of hydrogen-bond acceptors (Lipinski definition) is 2. The summed E-state index contributed by atoms with van der Waals surface area (Å²) in [6.07, 6.45) is 5.28. The van der Waals surface area contributed by atoms with Gasteiger partial charge in [-0.2, -0.15) is 4.40 Å². The number of pyridine rings is 2. The molecule has 0 bridgehead atoms. The molecule has 0 radical (unpaired) electrons. The van der Waals surface area contributed by atoms with Gasteiger partial charge in [0.05, 0.1) is 6.20 Å². The van der Waals surface area contributed by atoms with Gasteiger partial charge in [-0.15, -0.1) is 0 Å². The molecule has 0 aliphatic carbocycles. The number of aromatic amines is 1. The zero-order valence-electron chi connectivity index (χ0n) is 15.3. The number of imidazole rings is 1. The third-order valence-corrected chi connectivity index (χ3v) is 4.88. The summed E-state index contributed by atoms with van der Waals surface area (Å²) in [6, 6.07) is 19.4. The second-order valence-electron chi connectivity index (χ2n) is 6.67. The number of carbonyl (C=O) groups is 1. The Hall–Kier alpha value is -4.06. The zero-order valence-corrected chi connectivity index (χ0v) is 15.3. The fraction of sp³-hybridized carbons (Fsp3) is 0. The third kappa shape index (κ3) is 3.00. The van der Waals surface area contributed by atoms with Gasteiger partial charge >= 0.3 is 11.7 Å². The number of fused-ring (bicyclic) bond motifs is 2. The van der Waals surface area contributed by atoms with Crippen molar-refractivity contribution >= 4 is 27.9 Å². The van der Waals surface area contributed by atoms with Gasteiger partial charge in [-0.25, -0.2) is 9.37 Å². The lowest BCUT2D eigenvalue weighted by atomic mass is 10.1. The van der Waals surface area contributed by atoms with Gasteiger partial charge in [-0.05, 0) is 48.5 Å². The number of amides is 1. The highest BCUT2D eigenvalue weighted by Crippen LogP contribution is 2.24. The molecular weight excluding hydrogens is 367 g/mol. The van der Waals surface area contributed by atoms with Gasteiger partial charge in [0.15, 0.2) is 11.2 Å². The first-order valence-corrected chi connectivity index (χ1v) is 9.13. The molecule has 1 amide bonds. The minimum absolute atomic E-state index is 0.274. The van der Waals surface area contributed by atoms with Gasteiger partial charge in [0, 0.05) is 34.4 Å². The van der Waals surface area contributed by atoms with Crippen LogP contribution in [0.3, 0.4) is 0 Å². The maximum Gasteiger partial charge on any atom is 0.351 e. The van der Waals surface area contributed by atoms with E-state index in [4.69, 9.17) is 0 Å². The minimum Gasteiger partial charge on any atom is -0.315 e. The van der Waals surface area contributed by atoms with E-state index in [-0.39, 0.29) is 11.7 Å². The van der Waals surface area contributed by atoms with Crippen LogP contribution in [0, 0.1) is 5.82 Å². The molecule has 3 aromatic heterocycles. The molecule has 0 aliphatic heterocycles. The highest BCUT2D eigenvalue weighted by atomic mass is 19.1. The second-order valence-corrected chi connectivity index (χ2v) is 6.67. The van der Waals surface area contributed by atoms with Crippen molar-refractivity contribution in [2.75, 3.05) is 5.32 Å². The number of hydrogen-bond donors (Lipinski definition) is 2. The highest BCUT2D eigenvalue weighted by Gasteiger charge is 2.25. The fourth-order valence-corrected chi connectivity index (χ4v) is 3.50. The number of carbonyl (C=O) groups excluding carboxylic acids is 1. The van der Waals surface area contributed by atoms with E-state index in [0.29, 0.717) is 11.5 Å². The van der Waals surface area contributed by atoms with Crippen LogP contribution in [0.1, 0.15) is 10.6 Å². The van der Waals surface area contributed by atoms with Gasteiger partial charge in [0.25, 0.3) is 0 Å². The van der Waals surface area contributed by atoms with Crippen LogP contribution in [0.2, 0.25) is 0 Å². The fourth-order valence-electron chi connectivity index (χ4n) is 3.50. The van der Waals surface area contributed by atoms with Crippen LogP contribution in [0.5, 0.6) is 0 Å². The van der Waals surface area contributed by atoms with Crippen molar-refractivity contribution in [2.45, 2.75) is 0 Å². The normalized spacial score (nSPS) is 11.1. The van der Waals surface area contributed by atoms with Gasteiger partial charge in [-0.3, -0.25) is 9.78 Å². The Labute approximate surface area is 165 Å². The van der Waals surface area contributed by atoms with E-state index < -0.39 is 0 Å². The Kier molecular flexibility index (Phi) is 4.02. The average Bonchev–Trinajstić information content (AvgIpc) is 3.14. The first-order chi connectivity index (χ1) is 14.2. The summed E-state index contributed by atoms with van der Waals surface area (Å²) in [4.78, 5) is 20.5. The summed E-state index contributed by atoms with van der Waals surface area (Å²) in [7, 11) is 0. The van der Waals surface area contributed by atoms with Gasteiger partial charge < -0.3 is 5.32 Å². The quantitative estimate of drug-likeness (QED) is 0.455. The molecule has 0 unspecified atom stereocenters. The molecule has 0 atom stereocenters. The minimum atomic E-state index is -0.305. The summed E-state index contributed by atoms with van der Waals surface area (Å²) in [5, 5.41) is 4.85. The van der Waals surface area contributed by atoms with Crippen molar-refractivity contribution in [1.29, 1.82) is 0 Å². The van der Waals surface area contributed by atoms with E-state index in [1.165, 1.54) is 12.1 Å². The molecular formula is C23H16FN4O+. The topological polar surface area (TPSA) is 61.9 Å². The standard InChI is InChI=1S/C23H15FN4O/c24-17-9-7-15(8-10-17)21-20-6-1-2-13-28(20)22(27-21)23(29)26-19-5-3-4-16-14-25-12-11-18(16)19/h1-14H,(H,26,29)/p+1. The summed E-state index contributed by atoms with van der Waals surface area (Å²) in [5.41, 5.74) is 3.08. The molecule has 0 spiro atoms. The SMILES string of the molecule is O=C(Nc1cccc2cnccc12)c1[nH]c(-c2ccc(F)cc2)c2cccc[n+]12. The monoisotopic (exact) mass is 383 g/mol. The Bertz CT molecular complexity index is 1350. The predicted molar refractivity (Wildman–Crippen MR) is 109 cm³/mol. The molecule has 5 aromatic rings. The molecule has 2 aromatic carbocycles. The van der Waals surface area contributed by atoms with Gasteiger partial charge in [0.2, 0.25) is 0 Å². The van der Waals surface area contributed by atoms with E-state index in [9.17, 15) is 9.18 Å².